The Labute approximate surface area is 158 Å². The number of rotatable bonds is 6. The van der Waals surface area contributed by atoms with Crippen molar-refractivity contribution >= 4 is 11.8 Å². The van der Waals surface area contributed by atoms with Crippen LogP contribution in [0.5, 0.6) is 11.5 Å². The third kappa shape index (κ3) is 3.55. The molecule has 1 atom stereocenters. The zero-order valence-electron chi connectivity index (χ0n) is 16.2. The van der Waals surface area contributed by atoms with Crippen LogP contribution in [0.4, 0.5) is 0 Å². The van der Waals surface area contributed by atoms with E-state index in [0.29, 0.717) is 29.1 Å². The SMILES string of the molecule is COC(=O)c1c(C)[nH]c(C(=O)[C@@H](C)N(C)Cc2ccc3c(c2)OCO3)c1C. The predicted octanol–water partition coefficient (Wildman–Crippen LogP) is 2.85. The number of carbonyl (C=O) groups is 2. The first kappa shape index (κ1) is 19.0. The Kier molecular flexibility index (Phi) is 5.23. The molecule has 0 aliphatic carbocycles. The third-order valence-corrected chi connectivity index (χ3v) is 4.98. The largest absolute Gasteiger partial charge is 0.465 e. The maximum atomic E-state index is 13.0. The van der Waals surface area contributed by atoms with Crippen molar-refractivity contribution in [3.63, 3.8) is 0 Å². The highest BCUT2D eigenvalue weighted by molar-refractivity contribution is 6.03. The molecule has 1 aromatic heterocycles. The van der Waals surface area contributed by atoms with Crippen molar-refractivity contribution in [2.75, 3.05) is 21.0 Å². The molecule has 0 amide bonds. The first-order chi connectivity index (χ1) is 12.8. The number of aryl methyl sites for hydroxylation is 1. The smallest absolute Gasteiger partial charge is 0.339 e. The molecular formula is C20H24N2O5. The number of benzene rings is 1. The summed E-state index contributed by atoms with van der Waals surface area (Å²) in [6.45, 7) is 6.18. The lowest BCUT2D eigenvalue weighted by Gasteiger charge is -2.23. The summed E-state index contributed by atoms with van der Waals surface area (Å²) in [5, 5.41) is 0. The van der Waals surface area contributed by atoms with Gasteiger partial charge in [0.1, 0.15) is 0 Å². The number of Topliss-reactive ketones (excluding diaryl/α,β-unsaturated/α-hetero) is 1. The van der Waals surface area contributed by atoms with Gasteiger partial charge in [0, 0.05) is 12.2 Å². The van der Waals surface area contributed by atoms with Crippen molar-refractivity contribution in [2.45, 2.75) is 33.4 Å². The van der Waals surface area contributed by atoms with E-state index in [2.05, 4.69) is 4.98 Å². The molecule has 0 unspecified atom stereocenters. The molecule has 27 heavy (non-hydrogen) atoms. The minimum absolute atomic E-state index is 0.0750. The number of hydrogen-bond acceptors (Lipinski definition) is 6. The van der Waals surface area contributed by atoms with Crippen LogP contribution in [0.15, 0.2) is 18.2 Å². The molecule has 7 heteroatoms. The number of ether oxygens (including phenoxy) is 3. The van der Waals surface area contributed by atoms with Crippen LogP contribution in [0.3, 0.4) is 0 Å². The Bertz CT molecular complexity index is 887. The van der Waals surface area contributed by atoms with Crippen molar-refractivity contribution in [1.82, 2.24) is 9.88 Å². The normalized spacial score (nSPS) is 13.7. The lowest BCUT2D eigenvalue weighted by Crippen LogP contribution is -2.36. The Morgan fingerprint density at radius 3 is 2.67 bits per heavy atom. The molecule has 1 N–H and O–H groups in total. The summed E-state index contributed by atoms with van der Waals surface area (Å²) in [6.07, 6.45) is 0. The Balaban J connectivity index is 1.76. The quantitative estimate of drug-likeness (QED) is 0.620. The standard InChI is InChI=1S/C20H24N2O5/c1-11-17(20(24)25-5)12(2)21-18(11)19(23)13(3)22(4)9-14-6-7-15-16(8-14)27-10-26-15/h6-8,13,21H,9-10H2,1-5H3/t13-/m1/s1. The van der Waals surface area contributed by atoms with Gasteiger partial charge in [-0.1, -0.05) is 6.07 Å². The Morgan fingerprint density at radius 2 is 1.96 bits per heavy atom. The lowest BCUT2D eigenvalue weighted by molar-refractivity contribution is 0.0599. The van der Waals surface area contributed by atoms with Crippen LogP contribution in [0.25, 0.3) is 0 Å². The predicted molar refractivity (Wildman–Crippen MR) is 99.4 cm³/mol. The van der Waals surface area contributed by atoms with Crippen LogP contribution in [-0.4, -0.2) is 48.6 Å². The molecule has 0 saturated carbocycles. The summed E-state index contributed by atoms with van der Waals surface area (Å²) < 4.78 is 15.5. The molecule has 2 aromatic rings. The second-order valence-corrected chi connectivity index (χ2v) is 6.76. The molecule has 7 nitrogen and oxygen atoms in total. The fourth-order valence-electron chi connectivity index (χ4n) is 3.28. The number of ketones is 1. The zero-order chi connectivity index (χ0) is 19.7. The maximum Gasteiger partial charge on any atom is 0.339 e. The zero-order valence-corrected chi connectivity index (χ0v) is 16.2. The molecule has 0 bridgehead atoms. The summed E-state index contributed by atoms with van der Waals surface area (Å²) in [4.78, 5) is 29.9. The van der Waals surface area contributed by atoms with Gasteiger partial charge in [-0.3, -0.25) is 9.69 Å². The average Bonchev–Trinajstić information content (AvgIpc) is 3.23. The van der Waals surface area contributed by atoms with E-state index in [1.807, 2.05) is 37.1 Å². The highest BCUT2D eigenvalue weighted by Crippen LogP contribution is 2.33. The molecule has 0 fully saturated rings. The minimum atomic E-state index is -0.443. The number of esters is 1. The number of likely N-dealkylation sites (N-methyl/N-ethyl adjacent to an activating group) is 1. The monoisotopic (exact) mass is 372 g/mol. The van der Waals surface area contributed by atoms with Crippen molar-refractivity contribution in [3.8, 4) is 11.5 Å². The van der Waals surface area contributed by atoms with Gasteiger partial charge in [0.25, 0.3) is 0 Å². The Morgan fingerprint density at radius 1 is 1.26 bits per heavy atom. The van der Waals surface area contributed by atoms with E-state index in [1.165, 1.54) is 7.11 Å². The molecule has 2 heterocycles. The van der Waals surface area contributed by atoms with Gasteiger partial charge in [-0.25, -0.2) is 4.79 Å². The Hall–Kier alpha value is -2.80. The number of nitrogens with one attached hydrogen (secondary N) is 1. The number of methoxy groups -OCH3 is 1. The van der Waals surface area contributed by atoms with Gasteiger partial charge in [-0.15, -0.1) is 0 Å². The molecule has 0 spiro atoms. The van der Waals surface area contributed by atoms with Crippen LogP contribution >= 0.6 is 0 Å². The highest BCUT2D eigenvalue weighted by Gasteiger charge is 2.27. The second-order valence-electron chi connectivity index (χ2n) is 6.76. The van der Waals surface area contributed by atoms with E-state index < -0.39 is 5.97 Å². The van der Waals surface area contributed by atoms with Gasteiger partial charge in [0.15, 0.2) is 17.3 Å². The number of H-pyrrole nitrogens is 1. The minimum Gasteiger partial charge on any atom is -0.465 e. The average molecular weight is 372 g/mol. The molecule has 1 aliphatic heterocycles. The molecule has 1 aromatic carbocycles. The molecule has 144 valence electrons. The van der Waals surface area contributed by atoms with Gasteiger partial charge in [-0.05, 0) is 51.1 Å². The van der Waals surface area contributed by atoms with E-state index >= 15 is 0 Å². The van der Waals surface area contributed by atoms with E-state index in [4.69, 9.17) is 14.2 Å². The van der Waals surface area contributed by atoms with Crippen LogP contribution in [0, 0.1) is 13.8 Å². The van der Waals surface area contributed by atoms with Crippen molar-refractivity contribution in [1.29, 1.82) is 0 Å². The summed E-state index contributed by atoms with van der Waals surface area (Å²) in [5.74, 6) is 0.937. The van der Waals surface area contributed by atoms with Crippen LogP contribution < -0.4 is 9.47 Å². The first-order valence-corrected chi connectivity index (χ1v) is 8.74. The molecular weight excluding hydrogens is 348 g/mol. The van der Waals surface area contributed by atoms with E-state index in [9.17, 15) is 9.59 Å². The summed E-state index contributed by atoms with van der Waals surface area (Å²) >= 11 is 0. The molecule has 0 radical (unpaired) electrons. The number of aromatic amines is 1. The van der Waals surface area contributed by atoms with Gasteiger partial charge in [0.05, 0.1) is 24.4 Å². The van der Waals surface area contributed by atoms with Gasteiger partial charge < -0.3 is 19.2 Å². The highest BCUT2D eigenvalue weighted by atomic mass is 16.7. The summed E-state index contributed by atoms with van der Waals surface area (Å²) in [7, 11) is 3.22. The summed E-state index contributed by atoms with van der Waals surface area (Å²) in [5.41, 5.74) is 3.14. The van der Waals surface area contributed by atoms with Crippen LogP contribution in [-0.2, 0) is 11.3 Å². The lowest BCUT2D eigenvalue weighted by atomic mass is 10.0. The number of nitrogens with zero attached hydrogens (tertiary/aromatic N) is 1. The molecule has 3 rings (SSSR count). The van der Waals surface area contributed by atoms with E-state index in [-0.39, 0.29) is 18.6 Å². The number of hydrogen-bond donors (Lipinski definition) is 1. The van der Waals surface area contributed by atoms with Crippen LogP contribution in [0.1, 0.15) is 44.6 Å². The molecule has 1 aliphatic rings. The number of fused-ring (bicyclic) bond motifs is 1. The van der Waals surface area contributed by atoms with Crippen LogP contribution in [0.2, 0.25) is 0 Å². The maximum absolute atomic E-state index is 13.0. The van der Waals surface area contributed by atoms with Gasteiger partial charge in [-0.2, -0.15) is 0 Å². The number of carbonyl (C=O) groups excluding carboxylic acids is 2. The first-order valence-electron chi connectivity index (χ1n) is 8.74. The summed E-state index contributed by atoms with van der Waals surface area (Å²) in [6, 6.07) is 5.38. The van der Waals surface area contributed by atoms with E-state index in [0.717, 1.165) is 17.1 Å². The fourth-order valence-corrected chi connectivity index (χ4v) is 3.28. The van der Waals surface area contributed by atoms with Crippen molar-refractivity contribution < 1.29 is 23.8 Å². The second kappa shape index (κ2) is 7.44. The van der Waals surface area contributed by atoms with Gasteiger partial charge in [0.2, 0.25) is 6.79 Å². The van der Waals surface area contributed by atoms with E-state index in [1.54, 1.807) is 13.8 Å². The topological polar surface area (TPSA) is 80.9 Å². The van der Waals surface area contributed by atoms with Gasteiger partial charge >= 0.3 is 5.97 Å². The fraction of sp³-hybridized carbons (Fsp3) is 0.400. The van der Waals surface area contributed by atoms with Crippen molar-refractivity contribution in [2.24, 2.45) is 0 Å². The van der Waals surface area contributed by atoms with Crippen molar-refractivity contribution in [3.05, 3.63) is 46.3 Å². The molecule has 0 saturated heterocycles. The third-order valence-electron chi connectivity index (χ3n) is 4.98. The number of aromatic nitrogens is 1.